The first-order valence-electron chi connectivity index (χ1n) is 6.40. The van der Waals surface area contributed by atoms with Gasteiger partial charge in [-0.15, -0.1) is 0 Å². The Morgan fingerprint density at radius 2 is 2.33 bits per heavy atom. The average molecular weight is 269 g/mol. The van der Waals surface area contributed by atoms with Crippen molar-refractivity contribution in [2.24, 2.45) is 0 Å². The number of hydrogen-bond acceptors (Lipinski definition) is 5. The summed E-state index contributed by atoms with van der Waals surface area (Å²) >= 11 is 1.39. The van der Waals surface area contributed by atoms with Crippen molar-refractivity contribution in [2.75, 3.05) is 11.4 Å². The molecule has 1 fully saturated rings. The number of aliphatic carboxylic acids is 1. The number of hydrogen-bond donors (Lipinski definition) is 1. The summed E-state index contributed by atoms with van der Waals surface area (Å²) in [6.45, 7) is 5.03. The minimum absolute atomic E-state index is 0.0733. The zero-order valence-electron chi connectivity index (χ0n) is 10.8. The minimum Gasteiger partial charge on any atom is -0.481 e. The molecule has 0 aliphatic carbocycles. The maximum Gasteiger partial charge on any atom is 0.305 e. The van der Waals surface area contributed by atoms with E-state index in [9.17, 15) is 4.79 Å². The Bertz CT molecular complexity index is 419. The fraction of sp³-hybridized carbons (Fsp3) is 0.750. The van der Waals surface area contributed by atoms with Gasteiger partial charge in [-0.2, -0.15) is 4.37 Å². The smallest absolute Gasteiger partial charge is 0.305 e. The molecule has 1 saturated heterocycles. The summed E-state index contributed by atoms with van der Waals surface area (Å²) in [7, 11) is 0. The Balaban J connectivity index is 2.14. The highest BCUT2D eigenvalue weighted by Crippen LogP contribution is 2.29. The van der Waals surface area contributed by atoms with E-state index in [1.165, 1.54) is 11.5 Å². The molecule has 2 heterocycles. The van der Waals surface area contributed by atoms with E-state index in [0.29, 0.717) is 5.92 Å². The van der Waals surface area contributed by atoms with Crippen molar-refractivity contribution in [3.05, 3.63) is 5.82 Å². The monoisotopic (exact) mass is 269 g/mol. The van der Waals surface area contributed by atoms with Gasteiger partial charge in [-0.25, -0.2) is 4.98 Å². The van der Waals surface area contributed by atoms with Crippen LogP contribution >= 0.6 is 11.5 Å². The van der Waals surface area contributed by atoms with Crippen molar-refractivity contribution in [3.63, 3.8) is 0 Å². The lowest BCUT2D eigenvalue weighted by Crippen LogP contribution is -2.40. The Hall–Kier alpha value is -1.17. The lowest BCUT2D eigenvalue weighted by atomic mass is 10.0. The van der Waals surface area contributed by atoms with Crippen molar-refractivity contribution in [3.8, 4) is 0 Å². The molecule has 1 aromatic heterocycles. The van der Waals surface area contributed by atoms with Gasteiger partial charge in [-0.3, -0.25) is 4.79 Å². The number of carbonyl (C=O) groups is 1. The number of anilines is 1. The van der Waals surface area contributed by atoms with Crippen molar-refractivity contribution < 1.29 is 9.90 Å². The van der Waals surface area contributed by atoms with Gasteiger partial charge < -0.3 is 10.0 Å². The number of aromatic nitrogens is 2. The molecule has 6 heteroatoms. The zero-order chi connectivity index (χ0) is 13.1. The van der Waals surface area contributed by atoms with Crippen LogP contribution in [0, 0.1) is 0 Å². The van der Waals surface area contributed by atoms with E-state index in [2.05, 4.69) is 28.1 Å². The first kappa shape index (κ1) is 13.3. The van der Waals surface area contributed by atoms with E-state index >= 15 is 0 Å². The molecule has 1 aromatic rings. The topological polar surface area (TPSA) is 66.3 Å². The SMILES string of the molecule is CC(C)c1nsc(N2CCCCC2CC(=O)O)n1. The molecule has 18 heavy (non-hydrogen) atoms. The van der Waals surface area contributed by atoms with E-state index in [1.54, 1.807) is 0 Å². The number of carboxylic acid groups (broad SMARTS) is 1. The number of rotatable bonds is 4. The van der Waals surface area contributed by atoms with Gasteiger partial charge in [0.1, 0.15) is 5.82 Å². The second-order valence-electron chi connectivity index (χ2n) is 5.03. The third-order valence-corrected chi connectivity index (χ3v) is 4.00. The van der Waals surface area contributed by atoms with Crippen molar-refractivity contribution in [2.45, 2.75) is 51.5 Å². The lowest BCUT2D eigenvalue weighted by molar-refractivity contribution is -0.137. The first-order valence-corrected chi connectivity index (χ1v) is 7.17. The summed E-state index contributed by atoms with van der Waals surface area (Å²) in [6, 6.07) is 0.0733. The average Bonchev–Trinajstić information content (AvgIpc) is 2.78. The molecule has 1 aliphatic heterocycles. The van der Waals surface area contributed by atoms with Crippen LogP contribution < -0.4 is 4.90 Å². The predicted molar refractivity (Wildman–Crippen MR) is 71.2 cm³/mol. The molecule has 0 radical (unpaired) electrons. The quantitative estimate of drug-likeness (QED) is 0.909. The molecular weight excluding hydrogens is 250 g/mol. The fourth-order valence-electron chi connectivity index (χ4n) is 2.24. The van der Waals surface area contributed by atoms with E-state index < -0.39 is 5.97 Å². The van der Waals surface area contributed by atoms with Gasteiger partial charge in [0.25, 0.3) is 0 Å². The minimum atomic E-state index is -0.736. The molecule has 0 saturated carbocycles. The van der Waals surface area contributed by atoms with Crippen LogP contribution in [0.3, 0.4) is 0 Å². The van der Waals surface area contributed by atoms with Crippen LogP contribution in [0.4, 0.5) is 5.13 Å². The van der Waals surface area contributed by atoms with Crippen LogP contribution in [-0.2, 0) is 4.79 Å². The van der Waals surface area contributed by atoms with E-state index in [4.69, 9.17) is 5.11 Å². The van der Waals surface area contributed by atoms with Gasteiger partial charge in [0.2, 0.25) is 5.13 Å². The van der Waals surface area contributed by atoms with Crippen LogP contribution in [0.5, 0.6) is 0 Å². The van der Waals surface area contributed by atoms with Crippen molar-refractivity contribution in [1.29, 1.82) is 0 Å². The molecule has 100 valence electrons. The van der Waals surface area contributed by atoms with Gasteiger partial charge in [0.15, 0.2) is 0 Å². The molecular formula is C12H19N3O2S. The van der Waals surface area contributed by atoms with Gasteiger partial charge in [0.05, 0.1) is 6.42 Å². The summed E-state index contributed by atoms with van der Waals surface area (Å²) in [5.74, 6) is 0.438. The molecule has 0 amide bonds. The molecule has 1 N–H and O–H groups in total. The van der Waals surface area contributed by atoms with Crippen LogP contribution in [0.1, 0.15) is 51.3 Å². The maximum atomic E-state index is 10.9. The summed E-state index contributed by atoms with van der Waals surface area (Å²) in [4.78, 5) is 17.6. The van der Waals surface area contributed by atoms with E-state index in [0.717, 1.165) is 36.8 Å². The van der Waals surface area contributed by atoms with E-state index in [-0.39, 0.29) is 12.5 Å². The highest BCUT2D eigenvalue weighted by Gasteiger charge is 2.27. The standard InChI is InChI=1S/C12H19N3O2S/c1-8(2)11-13-12(18-14-11)15-6-4-3-5-9(15)7-10(16)17/h8-9H,3-7H2,1-2H3,(H,16,17). The highest BCUT2D eigenvalue weighted by atomic mass is 32.1. The molecule has 0 aromatic carbocycles. The molecule has 0 bridgehead atoms. The van der Waals surface area contributed by atoms with Crippen LogP contribution in [0.15, 0.2) is 0 Å². The first-order chi connectivity index (χ1) is 8.58. The van der Waals surface area contributed by atoms with Crippen LogP contribution in [0.2, 0.25) is 0 Å². The molecule has 1 atom stereocenters. The highest BCUT2D eigenvalue weighted by molar-refractivity contribution is 7.09. The molecule has 0 spiro atoms. The zero-order valence-corrected chi connectivity index (χ0v) is 11.6. The summed E-state index contributed by atoms with van der Waals surface area (Å²) in [5, 5.41) is 9.84. The van der Waals surface area contributed by atoms with Crippen LogP contribution in [-0.4, -0.2) is 33.0 Å². The van der Waals surface area contributed by atoms with Gasteiger partial charge in [-0.1, -0.05) is 13.8 Å². The van der Waals surface area contributed by atoms with E-state index in [1.807, 2.05) is 0 Å². The molecule has 5 nitrogen and oxygen atoms in total. The fourth-order valence-corrected chi connectivity index (χ4v) is 3.15. The summed E-state index contributed by atoms with van der Waals surface area (Å²) in [5.41, 5.74) is 0. The Morgan fingerprint density at radius 3 is 2.94 bits per heavy atom. The van der Waals surface area contributed by atoms with Crippen molar-refractivity contribution >= 4 is 22.6 Å². The normalized spacial score (nSPS) is 20.4. The van der Waals surface area contributed by atoms with Crippen molar-refractivity contribution in [1.82, 2.24) is 9.36 Å². The third-order valence-electron chi connectivity index (χ3n) is 3.23. The summed E-state index contributed by atoms with van der Waals surface area (Å²) < 4.78 is 4.35. The van der Waals surface area contributed by atoms with Gasteiger partial charge in [-0.05, 0) is 19.3 Å². The third kappa shape index (κ3) is 2.98. The van der Waals surface area contributed by atoms with Gasteiger partial charge in [0, 0.05) is 30.0 Å². The number of carboxylic acids is 1. The van der Waals surface area contributed by atoms with Crippen LogP contribution in [0.25, 0.3) is 0 Å². The Kier molecular flexibility index (Phi) is 4.16. The lowest BCUT2D eigenvalue weighted by Gasteiger charge is -2.34. The van der Waals surface area contributed by atoms with Gasteiger partial charge >= 0.3 is 5.97 Å². The maximum absolute atomic E-state index is 10.9. The molecule has 1 unspecified atom stereocenters. The second kappa shape index (κ2) is 5.65. The number of nitrogens with zero attached hydrogens (tertiary/aromatic N) is 3. The largest absolute Gasteiger partial charge is 0.481 e. The molecule has 2 rings (SSSR count). The Labute approximate surface area is 111 Å². The second-order valence-corrected chi connectivity index (χ2v) is 5.76. The Morgan fingerprint density at radius 1 is 1.56 bits per heavy atom. The summed E-state index contributed by atoms with van der Waals surface area (Å²) in [6.07, 6.45) is 3.33. The number of piperidine rings is 1. The predicted octanol–water partition coefficient (Wildman–Crippen LogP) is 2.50. The molecule has 1 aliphatic rings.